The standard InChI is InChI=1S/C15H21N5O/c1-10-13(11(2)19(3)18-10)9-17-15(21)12-4-6-20-7-5-16-14(20)8-12/h5,7,12H,4,6,8-9H2,1-3H3,(H,17,21). The number of aryl methyl sites for hydroxylation is 3. The lowest BCUT2D eigenvalue weighted by molar-refractivity contribution is -0.125. The van der Waals surface area contributed by atoms with Crippen molar-refractivity contribution in [3.63, 3.8) is 0 Å². The van der Waals surface area contributed by atoms with E-state index < -0.39 is 0 Å². The molecule has 1 aliphatic rings. The first-order valence-corrected chi connectivity index (χ1v) is 7.33. The molecule has 6 heteroatoms. The van der Waals surface area contributed by atoms with Crippen LogP contribution in [0.5, 0.6) is 0 Å². The molecule has 1 unspecified atom stereocenters. The van der Waals surface area contributed by atoms with Crippen LogP contribution >= 0.6 is 0 Å². The Morgan fingerprint density at radius 2 is 2.29 bits per heavy atom. The van der Waals surface area contributed by atoms with Crippen LogP contribution in [-0.4, -0.2) is 25.2 Å². The van der Waals surface area contributed by atoms with Gasteiger partial charge in [-0.25, -0.2) is 4.98 Å². The summed E-state index contributed by atoms with van der Waals surface area (Å²) in [7, 11) is 1.93. The molecule has 1 N–H and O–H groups in total. The number of nitrogens with one attached hydrogen (secondary N) is 1. The summed E-state index contributed by atoms with van der Waals surface area (Å²) in [5.41, 5.74) is 3.20. The summed E-state index contributed by atoms with van der Waals surface area (Å²) in [4.78, 5) is 16.7. The van der Waals surface area contributed by atoms with Gasteiger partial charge in [0.05, 0.1) is 5.69 Å². The Labute approximate surface area is 124 Å². The molecule has 0 fully saturated rings. The molecule has 112 valence electrons. The minimum absolute atomic E-state index is 0.0252. The maximum Gasteiger partial charge on any atom is 0.223 e. The number of amides is 1. The fraction of sp³-hybridized carbons (Fsp3) is 0.533. The summed E-state index contributed by atoms with van der Waals surface area (Å²) in [6.07, 6.45) is 5.38. The Bertz CT molecular complexity index is 670. The molecule has 2 aromatic heterocycles. The van der Waals surface area contributed by atoms with Crippen molar-refractivity contribution in [3.8, 4) is 0 Å². The largest absolute Gasteiger partial charge is 0.352 e. The summed E-state index contributed by atoms with van der Waals surface area (Å²) < 4.78 is 3.98. The van der Waals surface area contributed by atoms with Crippen LogP contribution in [0.15, 0.2) is 12.4 Å². The van der Waals surface area contributed by atoms with Gasteiger partial charge in [0.2, 0.25) is 5.91 Å². The third-order valence-corrected chi connectivity index (χ3v) is 4.42. The molecule has 3 rings (SSSR count). The summed E-state index contributed by atoms with van der Waals surface area (Å²) in [5, 5.41) is 7.43. The SMILES string of the molecule is Cc1nn(C)c(C)c1CNC(=O)C1CCn2ccnc2C1. The molecule has 0 saturated heterocycles. The van der Waals surface area contributed by atoms with Gasteiger partial charge in [0.15, 0.2) is 0 Å². The van der Waals surface area contributed by atoms with Crippen LogP contribution in [0.2, 0.25) is 0 Å². The molecule has 0 aromatic carbocycles. The zero-order valence-electron chi connectivity index (χ0n) is 12.8. The molecule has 1 atom stereocenters. The number of rotatable bonds is 3. The Hall–Kier alpha value is -2.11. The Kier molecular flexibility index (Phi) is 3.53. The van der Waals surface area contributed by atoms with Gasteiger partial charge in [-0.2, -0.15) is 5.10 Å². The van der Waals surface area contributed by atoms with E-state index in [1.807, 2.05) is 31.8 Å². The number of aromatic nitrogens is 4. The maximum atomic E-state index is 12.4. The Morgan fingerprint density at radius 3 is 3.00 bits per heavy atom. The summed E-state index contributed by atoms with van der Waals surface area (Å²) >= 11 is 0. The quantitative estimate of drug-likeness (QED) is 0.920. The smallest absolute Gasteiger partial charge is 0.223 e. The van der Waals surface area contributed by atoms with E-state index in [0.29, 0.717) is 6.54 Å². The molecule has 0 saturated carbocycles. The van der Waals surface area contributed by atoms with Crippen molar-refractivity contribution < 1.29 is 4.79 Å². The number of imidazole rings is 1. The predicted octanol–water partition coefficient (Wildman–Crippen LogP) is 1.11. The van der Waals surface area contributed by atoms with Crippen LogP contribution in [0.3, 0.4) is 0 Å². The molecule has 6 nitrogen and oxygen atoms in total. The van der Waals surface area contributed by atoms with Gasteiger partial charge in [-0.3, -0.25) is 9.48 Å². The number of carbonyl (C=O) groups is 1. The van der Waals surface area contributed by atoms with E-state index in [4.69, 9.17) is 0 Å². The molecule has 2 aromatic rings. The first-order valence-electron chi connectivity index (χ1n) is 7.33. The lowest BCUT2D eigenvalue weighted by Crippen LogP contribution is -2.35. The highest BCUT2D eigenvalue weighted by Crippen LogP contribution is 2.19. The number of hydrogen-bond acceptors (Lipinski definition) is 3. The van der Waals surface area contributed by atoms with E-state index in [-0.39, 0.29) is 11.8 Å². The second-order valence-corrected chi connectivity index (χ2v) is 5.72. The third kappa shape index (κ3) is 2.57. The lowest BCUT2D eigenvalue weighted by Gasteiger charge is -2.22. The fourth-order valence-corrected chi connectivity index (χ4v) is 2.97. The molecular formula is C15H21N5O. The van der Waals surface area contributed by atoms with Crippen molar-refractivity contribution in [2.45, 2.75) is 39.8 Å². The van der Waals surface area contributed by atoms with Crippen molar-refractivity contribution in [3.05, 3.63) is 35.2 Å². The molecule has 0 spiro atoms. The number of carbonyl (C=O) groups excluding carboxylic acids is 1. The van der Waals surface area contributed by atoms with Crippen molar-refractivity contribution in [1.82, 2.24) is 24.6 Å². The number of fused-ring (bicyclic) bond motifs is 1. The third-order valence-electron chi connectivity index (χ3n) is 4.42. The van der Waals surface area contributed by atoms with Gasteiger partial charge in [0.25, 0.3) is 0 Å². The highest BCUT2D eigenvalue weighted by atomic mass is 16.1. The molecular weight excluding hydrogens is 266 g/mol. The number of hydrogen-bond donors (Lipinski definition) is 1. The van der Waals surface area contributed by atoms with Gasteiger partial charge < -0.3 is 9.88 Å². The summed E-state index contributed by atoms with van der Waals surface area (Å²) in [5.74, 6) is 1.15. The molecule has 0 radical (unpaired) electrons. The minimum atomic E-state index is 0.0252. The highest BCUT2D eigenvalue weighted by molar-refractivity contribution is 5.79. The summed E-state index contributed by atoms with van der Waals surface area (Å²) in [6.45, 7) is 5.43. The van der Waals surface area contributed by atoms with Crippen molar-refractivity contribution in [2.75, 3.05) is 0 Å². The molecule has 3 heterocycles. The van der Waals surface area contributed by atoms with Gasteiger partial charge >= 0.3 is 0 Å². The van der Waals surface area contributed by atoms with Crippen LogP contribution in [0, 0.1) is 19.8 Å². The van der Waals surface area contributed by atoms with Crippen molar-refractivity contribution >= 4 is 5.91 Å². The van der Waals surface area contributed by atoms with Gasteiger partial charge in [-0.1, -0.05) is 0 Å². The topological polar surface area (TPSA) is 64.7 Å². The van der Waals surface area contributed by atoms with Crippen molar-refractivity contribution in [1.29, 1.82) is 0 Å². The fourth-order valence-electron chi connectivity index (χ4n) is 2.97. The lowest BCUT2D eigenvalue weighted by atomic mass is 9.97. The van der Waals surface area contributed by atoms with Crippen LogP contribution in [0.4, 0.5) is 0 Å². The van der Waals surface area contributed by atoms with Gasteiger partial charge in [0, 0.05) is 56.1 Å². The molecule has 0 aliphatic carbocycles. The average Bonchev–Trinajstić information content (AvgIpc) is 3.02. The van der Waals surface area contributed by atoms with Crippen LogP contribution < -0.4 is 5.32 Å². The maximum absolute atomic E-state index is 12.4. The van der Waals surface area contributed by atoms with E-state index in [2.05, 4.69) is 20.0 Å². The first kappa shape index (κ1) is 13.9. The highest BCUT2D eigenvalue weighted by Gasteiger charge is 2.25. The second-order valence-electron chi connectivity index (χ2n) is 5.72. The minimum Gasteiger partial charge on any atom is -0.352 e. The van der Waals surface area contributed by atoms with Crippen LogP contribution in [0.1, 0.15) is 29.2 Å². The van der Waals surface area contributed by atoms with Gasteiger partial charge in [0.1, 0.15) is 5.82 Å². The van der Waals surface area contributed by atoms with Crippen LogP contribution in [0.25, 0.3) is 0 Å². The summed E-state index contributed by atoms with van der Waals surface area (Å²) in [6, 6.07) is 0. The predicted molar refractivity (Wildman–Crippen MR) is 78.6 cm³/mol. The van der Waals surface area contributed by atoms with E-state index in [1.54, 1.807) is 6.20 Å². The zero-order valence-corrected chi connectivity index (χ0v) is 12.8. The van der Waals surface area contributed by atoms with Crippen LogP contribution in [-0.2, 0) is 31.4 Å². The zero-order chi connectivity index (χ0) is 15.0. The number of nitrogens with zero attached hydrogens (tertiary/aromatic N) is 4. The molecule has 0 bridgehead atoms. The van der Waals surface area contributed by atoms with E-state index in [0.717, 1.165) is 42.2 Å². The normalized spacial score (nSPS) is 17.6. The Balaban J connectivity index is 1.62. The molecule has 1 aliphatic heterocycles. The Morgan fingerprint density at radius 1 is 1.48 bits per heavy atom. The van der Waals surface area contributed by atoms with E-state index >= 15 is 0 Å². The van der Waals surface area contributed by atoms with Gasteiger partial charge in [-0.05, 0) is 20.3 Å². The average molecular weight is 287 g/mol. The van der Waals surface area contributed by atoms with E-state index in [9.17, 15) is 4.79 Å². The molecule has 1 amide bonds. The van der Waals surface area contributed by atoms with E-state index in [1.165, 1.54) is 0 Å². The monoisotopic (exact) mass is 287 g/mol. The van der Waals surface area contributed by atoms with Gasteiger partial charge in [-0.15, -0.1) is 0 Å². The second kappa shape index (κ2) is 5.35. The molecule has 21 heavy (non-hydrogen) atoms. The first-order chi connectivity index (χ1) is 10.1. The van der Waals surface area contributed by atoms with Crippen molar-refractivity contribution in [2.24, 2.45) is 13.0 Å².